The van der Waals surface area contributed by atoms with Gasteiger partial charge in [-0.25, -0.2) is 18.7 Å². The zero-order valence-electron chi connectivity index (χ0n) is 22.7. The van der Waals surface area contributed by atoms with E-state index in [1.807, 2.05) is 0 Å². The first-order valence-corrected chi connectivity index (χ1v) is 13.0. The number of ether oxygens (including phenoxy) is 3. The van der Waals surface area contributed by atoms with Crippen molar-refractivity contribution in [1.82, 2.24) is 24.9 Å². The Morgan fingerprint density at radius 1 is 1.02 bits per heavy atom. The quantitative estimate of drug-likeness (QED) is 0.350. The fraction of sp³-hybridized carbons (Fsp3) is 0.462. The monoisotopic (exact) mass is 577 g/mol. The van der Waals surface area contributed by atoms with Crippen LogP contribution in [0.2, 0.25) is 0 Å². The molecule has 41 heavy (non-hydrogen) atoms. The SMILES string of the molecule is CCOC(=O)COc1cc(C(=O)N[C@@H](CCC(=O)O)C(=O)N2CCN(C(=O)OCC)CC2)nn1-c1cccc(F)c1. The van der Waals surface area contributed by atoms with Crippen molar-refractivity contribution < 1.29 is 47.7 Å². The summed E-state index contributed by atoms with van der Waals surface area (Å²) in [5.41, 5.74) is -0.0331. The van der Waals surface area contributed by atoms with Gasteiger partial charge in [0.25, 0.3) is 5.91 Å². The van der Waals surface area contributed by atoms with Crippen LogP contribution in [-0.2, 0) is 23.9 Å². The van der Waals surface area contributed by atoms with Gasteiger partial charge in [-0.2, -0.15) is 5.10 Å². The zero-order chi connectivity index (χ0) is 29.9. The number of aromatic nitrogens is 2. The number of carbonyl (C=O) groups excluding carboxylic acids is 4. The summed E-state index contributed by atoms with van der Waals surface area (Å²) >= 11 is 0. The number of hydrogen-bond acceptors (Lipinski definition) is 9. The van der Waals surface area contributed by atoms with Crippen molar-refractivity contribution in [1.29, 1.82) is 0 Å². The van der Waals surface area contributed by atoms with Crippen molar-refractivity contribution >= 4 is 29.8 Å². The van der Waals surface area contributed by atoms with E-state index in [-0.39, 0.29) is 63.1 Å². The Hall–Kier alpha value is -4.69. The lowest BCUT2D eigenvalue weighted by Crippen LogP contribution is -2.56. The molecule has 2 N–H and O–H groups in total. The molecule has 1 fully saturated rings. The molecule has 1 aliphatic rings. The van der Waals surface area contributed by atoms with E-state index in [4.69, 9.17) is 14.2 Å². The molecule has 1 saturated heterocycles. The van der Waals surface area contributed by atoms with Crippen LogP contribution in [0.1, 0.15) is 37.2 Å². The van der Waals surface area contributed by atoms with Crippen LogP contribution in [0.5, 0.6) is 5.88 Å². The summed E-state index contributed by atoms with van der Waals surface area (Å²) in [4.78, 5) is 64.4. The number of carboxylic acids is 1. The highest BCUT2D eigenvalue weighted by Crippen LogP contribution is 2.21. The Labute approximate surface area is 234 Å². The van der Waals surface area contributed by atoms with Gasteiger partial charge in [-0.1, -0.05) is 6.07 Å². The topological polar surface area (TPSA) is 170 Å². The molecule has 2 heterocycles. The molecule has 0 unspecified atom stereocenters. The van der Waals surface area contributed by atoms with Crippen LogP contribution in [0.25, 0.3) is 5.69 Å². The molecule has 15 heteroatoms. The second kappa shape index (κ2) is 14.6. The van der Waals surface area contributed by atoms with E-state index in [1.54, 1.807) is 13.8 Å². The summed E-state index contributed by atoms with van der Waals surface area (Å²) < 4.78 is 30.3. The smallest absolute Gasteiger partial charge is 0.409 e. The largest absolute Gasteiger partial charge is 0.481 e. The summed E-state index contributed by atoms with van der Waals surface area (Å²) in [5, 5.41) is 15.9. The summed E-state index contributed by atoms with van der Waals surface area (Å²) in [6.45, 7) is 3.90. The molecule has 222 valence electrons. The minimum absolute atomic E-state index is 0.0719. The first-order chi connectivity index (χ1) is 19.6. The number of carboxylic acid groups (broad SMARTS) is 1. The molecule has 0 radical (unpaired) electrons. The third-order valence-corrected chi connectivity index (χ3v) is 5.97. The Bertz CT molecular complexity index is 1260. The second-order valence-electron chi connectivity index (χ2n) is 8.82. The number of hydrogen-bond donors (Lipinski definition) is 2. The van der Waals surface area contributed by atoms with Crippen molar-refractivity contribution in [3.8, 4) is 11.6 Å². The predicted molar refractivity (Wildman–Crippen MR) is 139 cm³/mol. The molecule has 1 aromatic carbocycles. The number of nitrogens with zero attached hydrogens (tertiary/aromatic N) is 4. The average molecular weight is 578 g/mol. The Kier molecular flexibility index (Phi) is 11.0. The predicted octanol–water partition coefficient (Wildman–Crippen LogP) is 1.22. The van der Waals surface area contributed by atoms with Crippen molar-refractivity contribution in [3.63, 3.8) is 0 Å². The van der Waals surface area contributed by atoms with Crippen molar-refractivity contribution in [2.45, 2.75) is 32.7 Å². The third kappa shape index (κ3) is 8.65. The van der Waals surface area contributed by atoms with Crippen LogP contribution in [0, 0.1) is 5.82 Å². The number of nitrogens with one attached hydrogen (secondary N) is 1. The van der Waals surface area contributed by atoms with Crippen LogP contribution in [-0.4, -0.2) is 107 Å². The van der Waals surface area contributed by atoms with Crippen molar-refractivity contribution in [3.05, 3.63) is 41.8 Å². The lowest BCUT2D eigenvalue weighted by Gasteiger charge is -2.35. The normalized spacial score (nSPS) is 13.7. The van der Waals surface area contributed by atoms with Crippen LogP contribution in [0.15, 0.2) is 30.3 Å². The minimum atomic E-state index is -1.21. The van der Waals surface area contributed by atoms with E-state index in [0.29, 0.717) is 0 Å². The molecule has 14 nitrogen and oxygen atoms in total. The molecule has 2 aromatic rings. The van der Waals surface area contributed by atoms with Crippen LogP contribution in [0.4, 0.5) is 9.18 Å². The fourth-order valence-corrected chi connectivity index (χ4v) is 4.01. The Balaban J connectivity index is 1.79. The highest BCUT2D eigenvalue weighted by Gasteiger charge is 2.31. The summed E-state index contributed by atoms with van der Waals surface area (Å²) in [6.07, 6.45) is -1.09. The van der Waals surface area contributed by atoms with E-state index in [9.17, 15) is 33.5 Å². The lowest BCUT2D eigenvalue weighted by molar-refractivity contribution is -0.145. The maximum Gasteiger partial charge on any atom is 0.409 e. The van der Waals surface area contributed by atoms with Gasteiger partial charge >= 0.3 is 18.0 Å². The van der Waals surface area contributed by atoms with Crippen LogP contribution in [0.3, 0.4) is 0 Å². The van der Waals surface area contributed by atoms with Gasteiger partial charge in [0.1, 0.15) is 11.9 Å². The molecule has 3 amide bonds. The number of piperazine rings is 1. The summed E-state index contributed by atoms with van der Waals surface area (Å²) in [5.74, 6) is -3.83. The molecule has 0 spiro atoms. The van der Waals surface area contributed by atoms with Crippen molar-refractivity contribution in [2.24, 2.45) is 0 Å². The van der Waals surface area contributed by atoms with E-state index in [0.717, 1.165) is 10.7 Å². The molecular weight excluding hydrogens is 545 g/mol. The molecule has 1 atom stereocenters. The number of esters is 1. The first-order valence-electron chi connectivity index (χ1n) is 13.0. The maximum absolute atomic E-state index is 13.9. The van der Waals surface area contributed by atoms with E-state index >= 15 is 0 Å². The summed E-state index contributed by atoms with van der Waals surface area (Å²) in [6, 6.07) is 5.27. The Morgan fingerprint density at radius 3 is 2.34 bits per heavy atom. The number of amides is 3. The van der Waals surface area contributed by atoms with Gasteiger partial charge in [0, 0.05) is 38.7 Å². The average Bonchev–Trinajstić information content (AvgIpc) is 3.38. The van der Waals surface area contributed by atoms with Gasteiger partial charge < -0.3 is 34.4 Å². The lowest BCUT2D eigenvalue weighted by atomic mass is 10.1. The fourth-order valence-electron chi connectivity index (χ4n) is 4.01. The van der Waals surface area contributed by atoms with Gasteiger partial charge in [-0.3, -0.25) is 14.4 Å². The molecule has 1 aromatic heterocycles. The zero-order valence-corrected chi connectivity index (χ0v) is 22.7. The highest BCUT2D eigenvalue weighted by molar-refractivity contribution is 5.96. The molecule has 0 aliphatic carbocycles. The van der Waals surface area contributed by atoms with Gasteiger partial charge in [-0.05, 0) is 38.5 Å². The standard InChI is InChI=1S/C26H32FN5O9/c1-3-39-23(35)16-41-21-15-20(29-32(21)18-7-5-6-17(27)14-18)24(36)28-19(8-9-22(33)34)25(37)30-10-12-31(13-11-30)26(38)40-4-2/h5-7,14-15,19H,3-4,8-13,16H2,1-2H3,(H,28,36)(H,33,34)/t19-/m0/s1. The van der Waals surface area contributed by atoms with Gasteiger partial charge in [0.2, 0.25) is 11.8 Å². The van der Waals surface area contributed by atoms with Gasteiger partial charge in [0.15, 0.2) is 12.3 Å². The molecule has 1 aliphatic heterocycles. The number of rotatable bonds is 12. The number of aliphatic carboxylic acids is 1. The first kappa shape index (κ1) is 30.8. The van der Waals surface area contributed by atoms with Crippen LogP contribution >= 0.6 is 0 Å². The number of carbonyl (C=O) groups is 5. The Morgan fingerprint density at radius 2 is 1.71 bits per heavy atom. The van der Waals surface area contributed by atoms with E-state index in [2.05, 4.69) is 10.4 Å². The van der Waals surface area contributed by atoms with Gasteiger partial charge in [-0.15, -0.1) is 0 Å². The second-order valence-corrected chi connectivity index (χ2v) is 8.82. The van der Waals surface area contributed by atoms with E-state index < -0.39 is 54.7 Å². The molecular formula is C26H32FN5O9. The minimum Gasteiger partial charge on any atom is -0.481 e. The van der Waals surface area contributed by atoms with Crippen LogP contribution < -0.4 is 10.1 Å². The molecule has 0 bridgehead atoms. The van der Waals surface area contributed by atoms with Gasteiger partial charge in [0.05, 0.1) is 18.9 Å². The highest BCUT2D eigenvalue weighted by atomic mass is 19.1. The third-order valence-electron chi connectivity index (χ3n) is 5.97. The number of halogens is 1. The molecule has 0 saturated carbocycles. The van der Waals surface area contributed by atoms with E-state index in [1.165, 1.54) is 34.1 Å². The molecule has 3 rings (SSSR count). The maximum atomic E-state index is 13.9. The summed E-state index contributed by atoms with van der Waals surface area (Å²) in [7, 11) is 0. The van der Waals surface area contributed by atoms with Crippen molar-refractivity contribution in [2.75, 3.05) is 46.0 Å². The number of benzene rings is 1.